The lowest BCUT2D eigenvalue weighted by Crippen LogP contribution is -2.40. The minimum absolute atomic E-state index is 0.0869. The summed E-state index contributed by atoms with van der Waals surface area (Å²) in [4.78, 5) is 25.5. The van der Waals surface area contributed by atoms with E-state index in [0.717, 1.165) is 10.0 Å². The van der Waals surface area contributed by atoms with Crippen molar-refractivity contribution < 1.29 is 9.59 Å². The largest absolute Gasteiger partial charge is 0.355 e. The summed E-state index contributed by atoms with van der Waals surface area (Å²) < 4.78 is 0.748. The monoisotopic (exact) mass is 326 g/mol. The molecule has 0 saturated heterocycles. The summed E-state index contributed by atoms with van der Waals surface area (Å²) in [5, 5.41) is 2.70. The fourth-order valence-electron chi connectivity index (χ4n) is 1.73. The number of likely N-dealkylation sites (N-methyl/N-ethyl adjacent to an activating group) is 2. The summed E-state index contributed by atoms with van der Waals surface area (Å²) in [6.45, 7) is 6.80. The lowest BCUT2D eigenvalue weighted by atomic mass is 10.1. The molecule has 0 heterocycles. The summed E-state index contributed by atoms with van der Waals surface area (Å²) in [5.74, 6) is -0.272. The summed E-state index contributed by atoms with van der Waals surface area (Å²) in [7, 11) is 0. The van der Waals surface area contributed by atoms with Gasteiger partial charge in [0.1, 0.15) is 0 Å². The Kier molecular flexibility index (Phi) is 6.02. The Morgan fingerprint density at radius 1 is 1.32 bits per heavy atom. The van der Waals surface area contributed by atoms with E-state index in [1.54, 1.807) is 0 Å². The van der Waals surface area contributed by atoms with Crippen molar-refractivity contribution in [2.75, 3.05) is 19.6 Å². The molecule has 0 aliphatic carbocycles. The number of amides is 2. The van der Waals surface area contributed by atoms with Crippen molar-refractivity contribution in [3.63, 3.8) is 0 Å². The highest BCUT2D eigenvalue weighted by molar-refractivity contribution is 9.10. The van der Waals surface area contributed by atoms with Crippen LogP contribution in [0.2, 0.25) is 0 Å². The van der Waals surface area contributed by atoms with Gasteiger partial charge in [-0.05, 0) is 48.8 Å². The second-order valence-corrected chi connectivity index (χ2v) is 5.11. The molecule has 1 aromatic rings. The SMILES string of the molecule is CCNC(=O)CN(CC)C(=O)c1cc(C)ccc1Br. The van der Waals surface area contributed by atoms with Crippen molar-refractivity contribution in [1.82, 2.24) is 10.2 Å². The van der Waals surface area contributed by atoms with E-state index in [-0.39, 0.29) is 18.4 Å². The van der Waals surface area contributed by atoms with Crippen molar-refractivity contribution in [1.29, 1.82) is 0 Å². The van der Waals surface area contributed by atoms with Crippen LogP contribution in [0.1, 0.15) is 29.8 Å². The van der Waals surface area contributed by atoms with E-state index in [1.165, 1.54) is 4.90 Å². The number of rotatable bonds is 5. The van der Waals surface area contributed by atoms with Crippen LogP contribution in [0, 0.1) is 6.92 Å². The second-order valence-electron chi connectivity index (χ2n) is 4.26. The topological polar surface area (TPSA) is 49.4 Å². The van der Waals surface area contributed by atoms with Crippen LogP contribution in [0.25, 0.3) is 0 Å². The minimum Gasteiger partial charge on any atom is -0.355 e. The first-order chi connectivity index (χ1) is 8.99. The Bertz CT molecular complexity index is 475. The normalized spacial score (nSPS) is 10.1. The number of halogens is 1. The van der Waals surface area contributed by atoms with Crippen molar-refractivity contribution in [2.45, 2.75) is 20.8 Å². The zero-order valence-corrected chi connectivity index (χ0v) is 13.1. The molecule has 0 radical (unpaired) electrons. The van der Waals surface area contributed by atoms with Crippen LogP contribution >= 0.6 is 15.9 Å². The molecule has 0 unspecified atom stereocenters. The Morgan fingerprint density at radius 3 is 2.58 bits per heavy atom. The average Bonchev–Trinajstić information content (AvgIpc) is 2.38. The van der Waals surface area contributed by atoms with Gasteiger partial charge < -0.3 is 10.2 Å². The van der Waals surface area contributed by atoms with Gasteiger partial charge in [0.2, 0.25) is 5.91 Å². The standard InChI is InChI=1S/C14H19BrN2O2/c1-4-16-13(18)9-17(5-2)14(19)11-8-10(3)6-7-12(11)15/h6-8H,4-5,9H2,1-3H3,(H,16,18). The molecule has 5 heteroatoms. The van der Waals surface area contributed by atoms with E-state index in [4.69, 9.17) is 0 Å². The third-order valence-corrected chi connectivity index (χ3v) is 3.42. The van der Waals surface area contributed by atoms with E-state index < -0.39 is 0 Å². The van der Waals surface area contributed by atoms with E-state index in [2.05, 4.69) is 21.2 Å². The highest BCUT2D eigenvalue weighted by atomic mass is 79.9. The first-order valence-electron chi connectivity index (χ1n) is 6.31. The molecule has 0 fully saturated rings. The number of carbonyl (C=O) groups is 2. The highest BCUT2D eigenvalue weighted by Gasteiger charge is 2.19. The molecule has 0 aromatic heterocycles. The third kappa shape index (κ3) is 4.35. The van der Waals surface area contributed by atoms with Crippen LogP contribution in [0.15, 0.2) is 22.7 Å². The average molecular weight is 327 g/mol. The lowest BCUT2D eigenvalue weighted by Gasteiger charge is -2.21. The predicted molar refractivity (Wildman–Crippen MR) is 79.1 cm³/mol. The zero-order chi connectivity index (χ0) is 14.4. The van der Waals surface area contributed by atoms with Crippen molar-refractivity contribution in [3.05, 3.63) is 33.8 Å². The predicted octanol–water partition coefficient (Wildman–Crippen LogP) is 2.36. The number of carbonyl (C=O) groups excluding carboxylic acids is 2. The Labute approximate surface area is 122 Å². The summed E-state index contributed by atoms with van der Waals surface area (Å²) in [6, 6.07) is 5.61. The lowest BCUT2D eigenvalue weighted by molar-refractivity contribution is -0.121. The van der Waals surface area contributed by atoms with E-state index >= 15 is 0 Å². The number of hydrogen-bond acceptors (Lipinski definition) is 2. The zero-order valence-electron chi connectivity index (χ0n) is 11.5. The van der Waals surface area contributed by atoms with Crippen LogP contribution < -0.4 is 5.32 Å². The van der Waals surface area contributed by atoms with E-state index in [1.807, 2.05) is 39.0 Å². The third-order valence-electron chi connectivity index (χ3n) is 2.73. The molecular formula is C14H19BrN2O2. The Balaban J connectivity index is 2.89. The van der Waals surface area contributed by atoms with Crippen LogP contribution in [0.4, 0.5) is 0 Å². The first kappa shape index (κ1) is 15.7. The molecule has 19 heavy (non-hydrogen) atoms. The fraction of sp³-hybridized carbons (Fsp3) is 0.429. The van der Waals surface area contributed by atoms with Crippen LogP contribution in [0.5, 0.6) is 0 Å². The molecule has 0 spiro atoms. The number of hydrogen-bond donors (Lipinski definition) is 1. The number of nitrogens with one attached hydrogen (secondary N) is 1. The van der Waals surface area contributed by atoms with Gasteiger partial charge in [-0.3, -0.25) is 9.59 Å². The highest BCUT2D eigenvalue weighted by Crippen LogP contribution is 2.19. The molecule has 4 nitrogen and oxygen atoms in total. The molecule has 1 rings (SSSR count). The van der Waals surface area contributed by atoms with Crippen molar-refractivity contribution in [2.24, 2.45) is 0 Å². The van der Waals surface area contributed by atoms with E-state index in [0.29, 0.717) is 18.7 Å². The molecule has 0 aliphatic rings. The number of nitrogens with zero attached hydrogens (tertiary/aromatic N) is 1. The van der Waals surface area contributed by atoms with Gasteiger partial charge in [0.05, 0.1) is 12.1 Å². The van der Waals surface area contributed by atoms with Gasteiger partial charge >= 0.3 is 0 Å². The summed E-state index contributed by atoms with van der Waals surface area (Å²) in [6.07, 6.45) is 0. The van der Waals surface area contributed by atoms with Crippen LogP contribution in [-0.2, 0) is 4.79 Å². The quantitative estimate of drug-likeness (QED) is 0.903. The smallest absolute Gasteiger partial charge is 0.255 e. The minimum atomic E-state index is -0.138. The van der Waals surface area contributed by atoms with E-state index in [9.17, 15) is 9.59 Å². The Hall–Kier alpha value is -1.36. The molecule has 104 valence electrons. The summed E-state index contributed by atoms with van der Waals surface area (Å²) >= 11 is 3.38. The van der Waals surface area contributed by atoms with Gasteiger partial charge in [-0.25, -0.2) is 0 Å². The molecule has 2 amide bonds. The molecule has 0 bridgehead atoms. The first-order valence-corrected chi connectivity index (χ1v) is 7.11. The maximum absolute atomic E-state index is 12.4. The van der Waals surface area contributed by atoms with Gasteiger partial charge in [0.15, 0.2) is 0 Å². The molecule has 1 aromatic carbocycles. The molecular weight excluding hydrogens is 308 g/mol. The van der Waals surface area contributed by atoms with Gasteiger partial charge in [-0.1, -0.05) is 11.6 Å². The van der Waals surface area contributed by atoms with Crippen molar-refractivity contribution in [3.8, 4) is 0 Å². The molecule has 0 saturated carbocycles. The van der Waals surface area contributed by atoms with Crippen LogP contribution in [0.3, 0.4) is 0 Å². The molecule has 0 aliphatic heterocycles. The second kappa shape index (κ2) is 7.28. The Morgan fingerprint density at radius 2 is 2.00 bits per heavy atom. The van der Waals surface area contributed by atoms with Crippen molar-refractivity contribution >= 4 is 27.7 Å². The summed E-state index contributed by atoms with van der Waals surface area (Å²) in [5.41, 5.74) is 1.60. The fourth-order valence-corrected chi connectivity index (χ4v) is 2.14. The van der Waals surface area contributed by atoms with Crippen LogP contribution in [-0.4, -0.2) is 36.3 Å². The number of aryl methyl sites for hydroxylation is 1. The maximum Gasteiger partial charge on any atom is 0.255 e. The van der Waals surface area contributed by atoms with Gasteiger partial charge in [-0.2, -0.15) is 0 Å². The molecule has 1 N–H and O–H groups in total. The molecule has 0 atom stereocenters. The van der Waals surface area contributed by atoms with Gasteiger partial charge in [-0.15, -0.1) is 0 Å². The van der Waals surface area contributed by atoms with Gasteiger partial charge in [0, 0.05) is 17.6 Å². The number of benzene rings is 1. The maximum atomic E-state index is 12.4. The van der Waals surface area contributed by atoms with Gasteiger partial charge in [0.25, 0.3) is 5.91 Å².